The number of aromatic nitrogens is 4. The molecule has 2 aromatic heterocycles. The largest absolute Gasteiger partial charge is 0.382 e. The Hall–Kier alpha value is -1.69. The van der Waals surface area contributed by atoms with Crippen molar-refractivity contribution >= 4 is 17.0 Å². The predicted molar refractivity (Wildman–Crippen MR) is 58.3 cm³/mol. The smallest absolute Gasteiger partial charge is 0.167 e. The number of fused-ring (bicyclic) bond motifs is 1. The average Bonchev–Trinajstić information content (AvgIpc) is 2.71. The second-order valence-electron chi connectivity index (χ2n) is 4.36. The molecule has 2 atom stereocenters. The van der Waals surface area contributed by atoms with Crippen LogP contribution in [0.5, 0.6) is 0 Å². The minimum Gasteiger partial charge on any atom is -0.382 e. The molecule has 3 N–H and O–H groups in total. The topological polar surface area (TPSA) is 89.8 Å². The molecule has 1 aliphatic rings. The fourth-order valence-electron chi connectivity index (χ4n) is 2.19. The summed E-state index contributed by atoms with van der Waals surface area (Å²) in [6, 6.07) is 0. The third-order valence-corrected chi connectivity index (χ3v) is 3.51. The molecule has 6 nitrogen and oxygen atoms in total. The molecule has 2 heterocycles. The summed E-state index contributed by atoms with van der Waals surface area (Å²) in [6.07, 6.45) is 4.72. The number of nitrogens with two attached hydrogens (primary N) is 1. The van der Waals surface area contributed by atoms with E-state index in [0.717, 1.165) is 12.8 Å². The number of nitrogen functional groups attached to an aromatic ring is 1. The molecular formula is C10H13N5O. The fraction of sp³-hybridized carbons (Fsp3) is 0.500. The van der Waals surface area contributed by atoms with Gasteiger partial charge in [0.25, 0.3) is 0 Å². The highest BCUT2D eigenvalue weighted by Crippen LogP contribution is 2.43. The maximum absolute atomic E-state index is 10.4. The molecule has 0 aromatic carbocycles. The van der Waals surface area contributed by atoms with Crippen LogP contribution in [0.25, 0.3) is 11.2 Å². The van der Waals surface area contributed by atoms with E-state index >= 15 is 0 Å². The highest BCUT2D eigenvalue weighted by molar-refractivity contribution is 5.81. The number of nitrogens with zero attached hydrogens (tertiary/aromatic N) is 4. The lowest BCUT2D eigenvalue weighted by atomic mass is 9.77. The van der Waals surface area contributed by atoms with Crippen molar-refractivity contribution in [3.8, 4) is 0 Å². The maximum atomic E-state index is 10.4. The van der Waals surface area contributed by atoms with Crippen LogP contribution in [0.2, 0.25) is 0 Å². The van der Waals surface area contributed by atoms with Crippen molar-refractivity contribution in [2.24, 2.45) is 5.92 Å². The van der Waals surface area contributed by atoms with Crippen molar-refractivity contribution in [3.05, 3.63) is 12.7 Å². The molecule has 0 aliphatic heterocycles. The van der Waals surface area contributed by atoms with E-state index in [0.29, 0.717) is 17.0 Å². The van der Waals surface area contributed by atoms with E-state index in [1.807, 2.05) is 6.92 Å². The van der Waals surface area contributed by atoms with E-state index < -0.39 is 5.72 Å². The Morgan fingerprint density at radius 3 is 2.94 bits per heavy atom. The van der Waals surface area contributed by atoms with Crippen LogP contribution in [0, 0.1) is 5.92 Å². The number of aliphatic hydroxyl groups is 1. The molecule has 16 heavy (non-hydrogen) atoms. The molecule has 84 valence electrons. The summed E-state index contributed by atoms with van der Waals surface area (Å²) < 4.78 is 1.70. The van der Waals surface area contributed by atoms with Crippen LogP contribution in [0.3, 0.4) is 0 Å². The van der Waals surface area contributed by atoms with E-state index in [1.54, 1.807) is 10.9 Å². The van der Waals surface area contributed by atoms with E-state index in [9.17, 15) is 5.11 Å². The summed E-state index contributed by atoms with van der Waals surface area (Å²) in [5.74, 6) is 0.556. The van der Waals surface area contributed by atoms with Gasteiger partial charge in [0.15, 0.2) is 11.5 Å². The molecule has 0 bridgehead atoms. The van der Waals surface area contributed by atoms with Crippen LogP contribution >= 0.6 is 0 Å². The quantitative estimate of drug-likeness (QED) is 0.728. The van der Waals surface area contributed by atoms with Gasteiger partial charge in [-0.05, 0) is 12.8 Å². The number of hydrogen-bond donors (Lipinski definition) is 2. The van der Waals surface area contributed by atoms with Crippen LogP contribution in [-0.2, 0) is 5.72 Å². The predicted octanol–water partition coefficient (Wildman–Crippen LogP) is 0.484. The molecular weight excluding hydrogens is 206 g/mol. The van der Waals surface area contributed by atoms with Crippen LogP contribution in [0.4, 0.5) is 5.82 Å². The van der Waals surface area contributed by atoms with Gasteiger partial charge in [0.1, 0.15) is 17.6 Å². The summed E-state index contributed by atoms with van der Waals surface area (Å²) in [4.78, 5) is 12.2. The second-order valence-corrected chi connectivity index (χ2v) is 4.36. The summed E-state index contributed by atoms with van der Waals surface area (Å²) in [7, 11) is 0. The number of anilines is 1. The van der Waals surface area contributed by atoms with Crippen molar-refractivity contribution in [2.75, 3.05) is 5.73 Å². The first-order valence-corrected chi connectivity index (χ1v) is 5.29. The Kier molecular flexibility index (Phi) is 1.74. The Labute approximate surface area is 92.1 Å². The van der Waals surface area contributed by atoms with E-state index in [4.69, 9.17) is 5.73 Å². The normalized spacial score (nSPS) is 29.2. The summed E-state index contributed by atoms with van der Waals surface area (Å²) in [5.41, 5.74) is 5.98. The molecule has 2 unspecified atom stereocenters. The standard InChI is InChI=1S/C10H13N5O/c1-6-2-3-10(6,16)15-5-14-7-8(11)12-4-13-9(7)15/h4-6,16H,2-3H2,1H3,(H2,11,12,13). The van der Waals surface area contributed by atoms with Gasteiger partial charge in [-0.1, -0.05) is 6.92 Å². The Morgan fingerprint density at radius 2 is 2.31 bits per heavy atom. The van der Waals surface area contributed by atoms with Gasteiger partial charge >= 0.3 is 0 Å². The Morgan fingerprint density at radius 1 is 1.50 bits per heavy atom. The SMILES string of the molecule is CC1CCC1(O)n1cnc2c(N)ncnc21. The molecule has 1 fully saturated rings. The van der Waals surface area contributed by atoms with Crippen molar-refractivity contribution in [3.63, 3.8) is 0 Å². The lowest BCUT2D eigenvalue weighted by molar-refractivity contribution is -0.153. The monoisotopic (exact) mass is 219 g/mol. The van der Waals surface area contributed by atoms with Crippen molar-refractivity contribution < 1.29 is 5.11 Å². The zero-order chi connectivity index (χ0) is 11.3. The van der Waals surface area contributed by atoms with Gasteiger partial charge in [0.2, 0.25) is 0 Å². The lowest BCUT2D eigenvalue weighted by Crippen LogP contribution is -2.47. The number of rotatable bonds is 1. The van der Waals surface area contributed by atoms with E-state index in [-0.39, 0.29) is 5.92 Å². The molecule has 1 aliphatic carbocycles. The van der Waals surface area contributed by atoms with E-state index in [1.165, 1.54) is 6.33 Å². The maximum Gasteiger partial charge on any atom is 0.167 e. The van der Waals surface area contributed by atoms with Crippen LogP contribution in [-0.4, -0.2) is 24.6 Å². The molecule has 0 amide bonds. The molecule has 2 aromatic rings. The summed E-state index contributed by atoms with van der Waals surface area (Å²) >= 11 is 0. The molecule has 3 rings (SSSR count). The minimum atomic E-state index is -0.866. The van der Waals surface area contributed by atoms with Gasteiger partial charge < -0.3 is 10.8 Å². The van der Waals surface area contributed by atoms with Gasteiger partial charge in [-0.2, -0.15) is 0 Å². The molecule has 0 spiro atoms. The Balaban J connectivity index is 2.22. The van der Waals surface area contributed by atoms with Crippen LogP contribution in [0.15, 0.2) is 12.7 Å². The fourth-order valence-corrected chi connectivity index (χ4v) is 2.19. The Bertz CT molecular complexity index is 551. The zero-order valence-corrected chi connectivity index (χ0v) is 8.96. The second kappa shape index (κ2) is 2.91. The molecule has 1 saturated carbocycles. The van der Waals surface area contributed by atoms with Crippen molar-refractivity contribution in [1.82, 2.24) is 19.5 Å². The minimum absolute atomic E-state index is 0.209. The van der Waals surface area contributed by atoms with Gasteiger partial charge in [-0.25, -0.2) is 15.0 Å². The van der Waals surface area contributed by atoms with Crippen LogP contribution < -0.4 is 5.73 Å². The van der Waals surface area contributed by atoms with Gasteiger partial charge in [0.05, 0.1) is 6.33 Å². The highest BCUT2D eigenvalue weighted by Gasteiger charge is 2.45. The molecule has 0 radical (unpaired) electrons. The van der Waals surface area contributed by atoms with Crippen LogP contribution in [0.1, 0.15) is 19.8 Å². The molecule has 0 saturated heterocycles. The van der Waals surface area contributed by atoms with Gasteiger partial charge in [-0.3, -0.25) is 4.57 Å². The first kappa shape index (κ1) is 9.53. The lowest BCUT2D eigenvalue weighted by Gasteiger charge is -2.44. The van der Waals surface area contributed by atoms with E-state index in [2.05, 4.69) is 15.0 Å². The first-order valence-electron chi connectivity index (χ1n) is 5.29. The summed E-state index contributed by atoms with van der Waals surface area (Å²) in [5, 5.41) is 10.4. The first-order chi connectivity index (χ1) is 7.63. The average molecular weight is 219 g/mol. The highest BCUT2D eigenvalue weighted by atomic mass is 16.3. The third-order valence-electron chi connectivity index (χ3n) is 3.51. The summed E-state index contributed by atoms with van der Waals surface area (Å²) in [6.45, 7) is 2.01. The van der Waals surface area contributed by atoms with Crippen molar-refractivity contribution in [1.29, 1.82) is 0 Å². The number of imidazole rings is 1. The third kappa shape index (κ3) is 1.02. The van der Waals surface area contributed by atoms with Crippen molar-refractivity contribution in [2.45, 2.75) is 25.5 Å². The zero-order valence-electron chi connectivity index (χ0n) is 8.96. The van der Waals surface area contributed by atoms with Gasteiger partial charge in [0, 0.05) is 5.92 Å². The number of hydrogen-bond acceptors (Lipinski definition) is 5. The molecule has 6 heteroatoms. The van der Waals surface area contributed by atoms with Gasteiger partial charge in [-0.15, -0.1) is 0 Å².